The molecule has 0 aliphatic heterocycles. The average molecular weight is 294 g/mol. The molecule has 3 rings (SSSR count). The molecular weight excluding hydrogens is 276 g/mol. The second kappa shape index (κ2) is 6.87. The van der Waals surface area contributed by atoms with Gasteiger partial charge >= 0.3 is 0 Å². The maximum atomic E-state index is 5.77. The quantitative estimate of drug-likeness (QED) is 0.758. The summed E-state index contributed by atoms with van der Waals surface area (Å²) in [6.45, 7) is 0.921. The summed E-state index contributed by atoms with van der Waals surface area (Å²) in [5.74, 6) is 0.857. The van der Waals surface area contributed by atoms with Gasteiger partial charge in [-0.15, -0.1) is 5.10 Å². The number of rotatable bonds is 6. The van der Waals surface area contributed by atoms with Crippen LogP contribution in [0.25, 0.3) is 5.69 Å². The minimum absolute atomic E-state index is 0.369. The lowest BCUT2D eigenvalue weighted by Gasteiger charge is -2.09. The molecule has 1 heterocycles. The van der Waals surface area contributed by atoms with Gasteiger partial charge in [0.15, 0.2) is 0 Å². The fourth-order valence-electron chi connectivity index (χ4n) is 2.30. The van der Waals surface area contributed by atoms with Crippen molar-refractivity contribution in [3.8, 4) is 11.4 Å². The monoisotopic (exact) mass is 294 g/mol. The molecule has 0 spiro atoms. The van der Waals surface area contributed by atoms with Crippen LogP contribution in [0.4, 0.5) is 0 Å². The van der Waals surface area contributed by atoms with Gasteiger partial charge in [-0.1, -0.05) is 41.6 Å². The smallest absolute Gasteiger partial charge is 0.119 e. The number of aromatic nitrogens is 3. The minimum Gasteiger partial charge on any atom is -0.493 e. The van der Waals surface area contributed by atoms with E-state index >= 15 is 0 Å². The van der Waals surface area contributed by atoms with Gasteiger partial charge in [-0.3, -0.25) is 0 Å². The number of ether oxygens (including phenoxy) is 1. The first-order chi connectivity index (χ1) is 10.9. The third-order valence-electron chi connectivity index (χ3n) is 3.39. The molecule has 22 heavy (non-hydrogen) atoms. The summed E-state index contributed by atoms with van der Waals surface area (Å²) in [5, 5.41) is 8.38. The second-order valence-electron chi connectivity index (χ2n) is 4.85. The van der Waals surface area contributed by atoms with E-state index in [4.69, 9.17) is 10.5 Å². The number of para-hydroxylation sites is 2. The van der Waals surface area contributed by atoms with Crippen LogP contribution in [0.1, 0.15) is 11.4 Å². The van der Waals surface area contributed by atoms with Crippen LogP contribution in [0, 0.1) is 0 Å². The lowest BCUT2D eigenvalue weighted by molar-refractivity contribution is 0.319. The van der Waals surface area contributed by atoms with Crippen molar-refractivity contribution in [2.75, 3.05) is 6.61 Å². The Hall–Kier alpha value is -2.66. The molecule has 2 N–H and O–H groups in total. The first kappa shape index (κ1) is 14.3. The summed E-state index contributed by atoms with van der Waals surface area (Å²) in [7, 11) is 0. The van der Waals surface area contributed by atoms with Crippen molar-refractivity contribution < 1.29 is 4.74 Å². The van der Waals surface area contributed by atoms with Crippen LogP contribution in [0.15, 0.2) is 60.7 Å². The summed E-state index contributed by atoms with van der Waals surface area (Å²) in [6, 6.07) is 19.7. The van der Waals surface area contributed by atoms with Crippen molar-refractivity contribution in [1.29, 1.82) is 0 Å². The topological polar surface area (TPSA) is 66.0 Å². The molecule has 3 aromatic rings. The highest BCUT2D eigenvalue weighted by molar-refractivity contribution is 5.33. The van der Waals surface area contributed by atoms with E-state index in [2.05, 4.69) is 10.3 Å². The van der Waals surface area contributed by atoms with Crippen molar-refractivity contribution in [2.24, 2.45) is 5.73 Å². The molecule has 0 fully saturated rings. The molecule has 0 radical (unpaired) electrons. The maximum absolute atomic E-state index is 5.77. The summed E-state index contributed by atoms with van der Waals surface area (Å²) in [6.07, 6.45) is 0.698. The van der Waals surface area contributed by atoms with Gasteiger partial charge in [-0.25, -0.2) is 4.68 Å². The molecule has 0 unspecified atom stereocenters. The molecule has 0 saturated carbocycles. The van der Waals surface area contributed by atoms with Crippen LogP contribution in [-0.2, 0) is 13.0 Å². The molecular formula is C17H18N4O. The highest BCUT2D eigenvalue weighted by Crippen LogP contribution is 2.14. The lowest BCUT2D eigenvalue weighted by Crippen LogP contribution is -2.10. The van der Waals surface area contributed by atoms with Crippen LogP contribution in [0.5, 0.6) is 5.75 Å². The number of hydrogen-bond acceptors (Lipinski definition) is 4. The number of nitrogens with zero attached hydrogens (tertiary/aromatic N) is 3. The van der Waals surface area contributed by atoms with E-state index in [9.17, 15) is 0 Å². The van der Waals surface area contributed by atoms with Crippen molar-refractivity contribution in [3.63, 3.8) is 0 Å². The molecule has 5 heteroatoms. The van der Waals surface area contributed by atoms with E-state index in [0.29, 0.717) is 19.6 Å². The highest BCUT2D eigenvalue weighted by atomic mass is 16.5. The van der Waals surface area contributed by atoms with Gasteiger partial charge in [0, 0.05) is 13.0 Å². The van der Waals surface area contributed by atoms with Crippen LogP contribution >= 0.6 is 0 Å². The van der Waals surface area contributed by atoms with E-state index < -0.39 is 0 Å². The molecule has 0 bridgehead atoms. The summed E-state index contributed by atoms with van der Waals surface area (Å²) in [5.41, 5.74) is 8.54. The molecule has 0 aliphatic rings. The van der Waals surface area contributed by atoms with Crippen molar-refractivity contribution in [3.05, 3.63) is 72.1 Å². The maximum Gasteiger partial charge on any atom is 0.119 e. The van der Waals surface area contributed by atoms with E-state index in [1.807, 2.05) is 65.3 Å². The second-order valence-corrected chi connectivity index (χ2v) is 4.85. The van der Waals surface area contributed by atoms with Gasteiger partial charge in [0.25, 0.3) is 0 Å². The fourth-order valence-corrected chi connectivity index (χ4v) is 2.30. The Kier molecular flexibility index (Phi) is 4.46. The standard InChI is InChI=1S/C17H18N4O/c18-13-16-17(11-12-22-15-9-5-2-6-10-15)21(20-19-16)14-7-3-1-4-8-14/h1-10H,11-13,18H2. The number of hydrogen-bond donors (Lipinski definition) is 1. The molecule has 0 saturated heterocycles. The summed E-state index contributed by atoms with van der Waals surface area (Å²) >= 11 is 0. The number of nitrogens with two attached hydrogens (primary N) is 1. The zero-order valence-electron chi connectivity index (χ0n) is 12.2. The first-order valence-corrected chi connectivity index (χ1v) is 7.25. The molecule has 0 atom stereocenters. The molecule has 5 nitrogen and oxygen atoms in total. The SMILES string of the molecule is NCc1nnn(-c2ccccc2)c1CCOc1ccccc1. The number of benzene rings is 2. The Labute approximate surface area is 129 Å². The van der Waals surface area contributed by atoms with Crippen LogP contribution in [-0.4, -0.2) is 21.6 Å². The third kappa shape index (κ3) is 3.15. The highest BCUT2D eigenvalue weighted by Gasteiger charge is 2.13. The Morgan fingerprint density at radius 1 is 0.955 bits per heavy atom. The summed E-state index contributed by atoms with van der Waals surface area (Å²) in [4.78, 5) is 0. The largest absolute Gasteiger partial charge is 0.493 e. The van der Waals surface area contributed by atoms with Gasteiger partial charge in [-0.2, -0.15) is 0 Å². The van der Waals surface area contributed by atoms with Crippen molar-refractivity contribution >= 4 is 0 Å². The minimum atomic E-state index is 0.369. The molecule has 1 aromatic heterocycles. The normalized spacial score (nSPS) is 10.6. The Balaban J connectivity index is 1.76. The zero-order valence-corrected chi connectivity index (χ0v) is 12.2. The van der Waals surface area contributed by atoms with Crippen LogP contribution < -0.4 is 10.5 Å². The third-order valence-corrected chi connectivity index (χ3v) is 3.39. The van der Waals surface area contributed by atoms with E-state index in [-0.39, 0.29) is 0 Å². The predicted octanol–water partition coefficient (Wildman–Crippen LogP) is 2.35. The predicted molar refractivity (Wildman–Crippen MR) is 84.9 cm³/mol. The average Bonchev–Trinajstić information content (AvgIpc) is 2.99. The Morgan fingerprint density at radius 3 is 2.32 bits per heavy atom. The van der Waals surface area contributed by atoms with Gasteiger partial charge in [-0.05, 0) is 24.3 Å². The van der Waals surface area contributed by atoms with Gasteiger partial charge in [0.1, 0.15) is 11.4 Å². The van der Waals surface area contributed by atoms with Crippen molar-refractivity contribution in [2.45, 2.75) is 13.0 Å². The van der Waals surface area contributed by atoms with Gasteiger partial charge in [0.05, 0.1) is 18.0 Å². The lowest BCUT2D eigenvalue weighted by atomic mass is 10.2. The zero-order chi connectivity index (χ0) is 15.2. The van der Waals surface area contributed by atoms with Crippen LogP contribution in [0.3, 0.4) is 0 Å². The van der Waals surface area contributed by atoms with E-state index in [1.165, 1.54) is 0 Å². The van der Waals surface area contributed by atoms with Crippen LogP contribution in [0.2, 0.25) is 0 Å². The van der Waals surface area contributed by atoms with Gasteiger partial charge in [0.2, 0.25) is 0 Å². The fraction of sp³-hybridized carbons (Fsp3) is 0.176. The molecule has 2 aromatic carbocycles. The Bertz CT molecular complexity index is 710. The first-order valence-electron chi connectivity index (χ1n) is 7.25. The summed E-state index contributed by atoms with van der Waals surface area (Å²) < 4.78 is 7.59. The molecule has 0 aliphatic carbocycles. The molecule has 112 valence electrons. The van der Waals surface area contributed by atoms with E-state index in [0.717, 1.165) is 22.8 Å². The molecule has 0 amide bonds. The van der Waals surface area contributed by atoms with E-state index in [1.54, 1.807) is 0 Å². The van der Waals surface area contributed by atoms with Gasteiger partial charge < -0.3 is 10.5 Å². The van der Waals surface area contributed by atoms with Crippen molar-refractivity contribution in [1.82, 2.24) is 15.0 Å². The Morgan fingerprint density at radius 2 is 1.64 bits per heavy atom.